The number of hydrogen-bond acceptors (Lipinski definition) is 3. The summed E-state index contributed by atoms with van der Waals surface area (Å²) < 4.78 is 5.76. The molecule has 108 valence electrons. The number of carboxylic acid groups (broad SMARTS) is 1. The number of carboxylic acids is 1. The second-order valence-electron chi connectivity index (χ2n) is 4.79. The Hall–Kier alpha value is -2.24. The molecule has 1 heterocycles. The van der Waals surface area contributed by atoms with Gasteiger partial charge in [-0.1, -0.05) is 18.2 Å². The summed E-state index contributed by atoms with van der Waals surface area (Å²) in [6.45, 7) is 2.95. The van der Waals surface area contributed by atoms with Crippen molar-refractivity contribution in [2.75, 3.05) is 13.1 Å². The number of nitrogens with zero attached hydrogens (tertiary/aromatic N) is 1. The maximum absolute atomic E-state index is 12.1. The van der Waals surface area contributed by atoms with Gasteiger partial charge in [-0.05, 0) is 13.0 Å². The fourth-order valence-corrected chi connectivity index (χ4v) is 2.13. The Morgan fingerprint density at radius 3 is 2.95 bits per heavy atom. The van der Waals surface area contributed by atoms with Crippen LogP contribution < -0.4 is 10.1 Å². The van der Waals surface area contributed by atoms with E-state index < -0.39 is 5.97 Å². The van der Waals surface area contributed by atoms with E-state index in [1.165, 1.54) is 0 Å². The summed E-state index contributed by atoms with van der Waals surface area (Å²) in [5.41, 5.74) is 0.949. The highest BCUT2D eigenvalue weighted by Crippen LogP contribution is 2.24. The fraction of sp³-hybridized carbons (Fsp3) is 0.429. The van der Waals surface area contributed by atoms with Crippen LogP contribution in [-0.4, -0.2) is 41.2 Å². The van der Waals surface area contributed by atoms with Crippen molar-refractivity contribution in [3.05, 3.63) is 29.8 Å². The van der Waals surface area contributed by atoms with E-state index in [1.807, 2.05) is 31.2 Å². The molecule has 0 saturated carbocycles. The van der Waals surface area contributed by atoms with Gasteiger partial charge in [-0.2, -0.15) is 0 Å². The molecule has 0 fully saturated rings. The second kappa shape index (κ2) is 6.27. The fourth-order valence-electron chi connectivity index (χ4n) is 2.13. The van der Waals surface area contributed by atoms with Gasteiger partial charge in [0.2, 0.25) is 0 Å². The van der Waals surface area contributed by atoms with E-state index in [1.54, 1.807) is 4.90 Å². The number of fused-ring (bicyclic) bond motifs is 1. The van der Waals surface area contributed by atoms with Crippen LogP contribution in [0.5, 0.6) is 5.75 Å². The van der Waals surface area contributed by atoms with Crippen LogP contribution in [0.25, 0.3) is 0 Å². The topological polar surface area (TPSA) is 78.9 Å². The van der Waals surface area contributed by atoms with Gasteiger partial charge in [0.05, 0.1) is 19.5 Å². The number of urea groups is 1. The van der Waals surface area contributed by atoms with E-state index in [4.69, 9.17) is 9.84 Å². The molecule has 0 aromatic heterocycles. The molecule has 0 aliphatic carbocycles. The van der Waals surface area contributed by atoms with Crippen molar-refractivity contribution in [1.82, 2.24) is 10.2 Å². The standard InChI is InChI=1S/C14H18N2O4/c1-10-8-16(14(19)15-7-6-13(17)18)9-11-4-2-3-5-12(11)20-10/h2-5,10H,6-9H2,1H3,(H,15,19)(H,17,18). The Morgan fingerprint density at radius 2 is 2.20 bits per heavy atom. The minimum absolute atomic E-state index is 0.0811. The molecule has 0 spiro atoms. The Kier molecular flexibility index (Phi) is 4.45. The summed E-state index contributed by atoms with van der Waals surface area (Å²) in [5, 5.41) is 11.2. The largest absolute Gasteiger partial charge is 0.489 e. The molecule has 1 aliphatic heterocycles. The third-order valence-electron chi connectivity index (χ3n) is 3.04. The number of aliphatic carboxylic acids is 1. The summed E-state index contributed by atoms with van der Waals surface area (Å²) in [7, 11) is 0. The van der Waals surface area contributed by atoms with Crippen LogP contribution in [-0.2, 0) is 11.3 Å². The van der Waals surface area contributed by atoms with Crippen LogP contribution in [0.2, 0.25) is 0 Å². The van der Waals surface area contributed by atoms with Crippen molar-refractivity contribution in [2.45, 2.75) is 26.0 Å². The number of nitrogens with one attached hydrogen (secondary N) is 1. The van der Waals surface area contributed by atoms with Gasteiger partial charge in [0, 0.05) is 12.1 Å². The SMILES string of the molecule is CC1CN(C(=O)NCCC(=O)O)Cc2ccccc2O1. The van der Waals surface area contributed by atoms with Gasteiger partial charge in [-0.25, -0.2) is 4.79 Å². The van der Waals surface area contributed by atoms with Crippen LogP contribution in [0, 0.1) is 0 Å². The Bertz CT molecular complexity index is 504. The van der Waals surface area contributed by atoms with E-state index in [9.17, 15) is 9.59 Å². The molecule has 2 amide bonds. The number of carbonyl (C=O) groups is 2. The number of rotatable bonds is 3. The Labute approximate surface area is 117 Å². The average molecular weight is 278 g/mol. The lowest BCUT2D eigenvalue weighted by atomic mass is 10.2. The minimum Gasteiger partial charge on any atom is -0.489 e. The van der Waals surface area contributed by atoms with Gasteiger partial charge >= 0.3 is 12.0 Å². The van der Waals surface area contributed by atoms with Crippen molar-refractivity contribution in [3.63, 3.8) is 0 Å². The Balaban J connectivity index is 2.01. The van der Waals surface area contributed by atoms with Crippen molar-refractivity contribution in [2.24, 2.45) is 0 Å². The summed E-state index contributed by atoms with van der Waals surface area (Å²) in [5.74, 6) is -0.135. The van der Waals surface area contributed by atoms with Crippen LogP contribution in [0.3, 0.4) is 0 Å². The zero-order chi connectivity index (χ0) is 14.5. The molecule has 0 saturated heterocycles. The lowest BCUT2D eigenvalue weighted by Crippen LogP contribution is -2.43. The van der Waals surface area contributed by atoms with E-state index in [0.29, 0.717) is 13.1 Å². The first kappa shape index (κ1) is 14.2. The molecule has 2 rings (SSSR count). The number of benzene rings is 1. The predicted molar refractivity (Wildman–Crippen MR) is 72.6 cm³/mol. The molecular formula is C14H18N2O4. The first-order chi connectivity index (χ1) is 9.56. The molecule has 0 radical (unpaired) electrons. The summed E-state index contributed by atoms with van der Waals surface area (Å²) in [4.78, 5) is 24.1. The van der Waals surface area contributed by atoms with Crippen LogP contribution >= 0.6 is 0 Å². The van der Waals surface area contributed by atoms with E-state index in [2.05, 4.69) is 5.32 Å². The zero-order valence-corrected chi connectivity index (χ0v) is 11.3. The van der Waals surface area contributed by atoms with Crippen LogP contribution in [0.4, 0.5) is 4.79 Å². The van der Waals surface area contributed by atoms with Crippen molar-refractivity contribution in [3.8, 4) is 5.75 Å². The van der Waals surface area contributed by atoms with E-state index in [0.717, 1.165) is 11.3 Å². The molecule has 1 unspecified atom stereocenters. The summed E-state index contributed by atoms with van der Waals surface area (Å²) in [6, 6.07) is 7.34. The highest BCUT2D eigenvalue weighted by atomic mass is 16.5. The molecule has 6 heteroatoms. The Morgan fingerprint density at radius 1 is 1.45 bits per heavy atom. The highest BCUT2D eigenvalue weighted by molar-refractivity contribution is 5.75. The smallest absolute Gasteiger partial charge is 0.317 e. The molecule has 1 aliphatic rings. The number of carbonyl (C=O) groups excluding carboxylic acids is 1. The molecular weight excluding hydrogens is 260 g/mol. The van der Waals surface area contributed by atoms with Gasteiger partial charge in [-0.3, -0.25) is 4.79 Å². The quantitative estimate of drug-likeness (QED) is 0.877. The molecule has 1 aromatic rings. The van der Waals surface area contributed by atoms with Gasteiger partial charge in [0.1, 0.15) is 11.9 Å². The molecule has 1 aromatic carbocycles. The molecule has 2 N–H and O–H groups in total. The predicted octanol–water partition coefficient (Wildman–Crippen LogP) is 1.45. The first-order valence-electron chi connectivity index (χ1n) is 6.55. The van der Waals surface area contributed by atoms with Crippen molar-refractivity contribution >= 4 is 12.0 Å². The van der Waals surface area contributed by atoms with Gasteiger partial charge in [-0.15, -0.1) is 0 Å². The summed E-state index contributed by atoms with van der Waals surface area (Å²) >= 11 is 0. The number of hydrogen-bond donors (Lipinski definition) is 2. The van der Waals surface area contributed by atoms with Gasteiger partial charge < -0.3 is 20.1 Å². The van der Waals surface area contributed by atoms with Crippen molar-refractivity contribution in [1.29, 1.82) is 0 Å². The maximum Gasteiger partial charge on any atom is 0.317 e. The van der Waals surface area contributed by atoms with Gasteiger partial charge in [0.15, 0.2) is 0 Å². The number of amides is 2. The van der Waals surface area contributed by atoms with Crippen LogP contribution in [0.15, 0.2) is 24.3 Å². The van der Waals surface area contributed by atoms with E-state index >= 15 is 0 Å². The normalized spacial score (nSPS) is 17.6. The third kappa shape index (κ3) is 3.63. The molecule has 20 heavy (non-hydrogen) atoms. The zero-order valence-electron chi connectivity index (χ0n) is 11.3. The lowest BCUT2D eigenvalue weighted by molar-refractivity contribution is -0.136. The first-order valence-corrected chi connectivity index (χ1v) is 6.55. The third-order valence-corrected chi connectivity index (χ3v) is 3.04. The number of ether oxygens (including phenoxy) is 1. The minimum atomic E-state index is -0.928. The average Bonchev–Trinajstić information content (AvgIpc) is 2.56. The molecule has 0 bridgehead atoms. The van der Waals surface area contributed by atoms with Crippen LogP contribution in [0.1, 0.15) is 18.9 Å². The highest BCUT2D eigenvalue weighted by Gasteiger charge is 2.23. The lowest BCUT2D eigenvalue weighted by Gasteiger charge is -2.22. The summed E-state index contributed by atoms with van der Waals surface area (Å²) in [6.07, 6.45) is -0.189. The van der Waals surface area contributed by atoms with Gasteiger partial charge in [0.25, 0.3) is 0 Å². The second-order valence-corrected chi connectivity index (χ2v) is 4.79. The monoisotopic (exact) mass is 278 g/mol. The number of para-hydroxylation sites is 1. The maximum atomic E-state index is 12.1. The van der Waals surface area contributed by atoms with Crippen molar-refractivity contribution < 1.29 is 19.4 Å². The van der Waals surface area contributed by atoms with E-state index in [-0.39, 0.29) is 25.1 Å². The molecule has 6 nitrogen and oxygen atoms in total. The molecule has 1 atom stereocenters.